The maximum atomic E-state index is 8.64. The first-order valence-electron chi connectivity index (χ1n) is 5.55. The fourth-order valence-electron chi connectivity index (χ4n) is 1.32. The van der Waals surface area contributed by atoms with Gasteiger partial charge in [0.25, 0.3) is 0 Å². The summed E-state index contributed by atoms with van der Waals surface area (Å²) in [5.41, 5.74) is 7.27. The SMILES string of the molecule is CC(C)CC(N)=NOCc1ccc(C#N)cc1. The smallest absolute Gasteiger partial charge is 0.142 e. The zero-order valence-corrected chi connectivity index (χ0v) is 10.2. The summed E-state index contributed by atoms with van der Waals surface area (Å²) in [5.74, 6) is 0.978. The number of benzene rings is 1. The van der Waals surface area contributed by atoms with Crippen molar-refractivity contribution in [2.24, 2.45) is 16.8 Å². The number of oxime groups is 1. The second-order valence-corrected chi connectivity index (χ2v) is 4.26. The molecule has 0 atom stereocenters. The van der Waals surface area contributed by atoms with Gasteiger partial charge >= 0.3 is 0 Å². The summed E-state index contributed by atoms with van der Waals surface area (Å²) in [4.78, 5) is 5.14. The van der Waals surface area contributed by atoms with E-state index in [1.165, 1.54) is 0 Å². The zero-order valence-electron chi connectivity index (χ0n) is 10.2. The molecule has 0 amide bonds. The van der Waals surface area contributed by atoms with E-state index < -0.39 is 0 Å². The largest absolute Gasteiger partial charge is 0.390 e. The lowest BCUT2D eigenvalue weighted by Gasteiger charge is -2.04. The molecule has 0 unspecified atom stereocenters. The summed E-state index contributed by atoms with van der Waals surface area (Å²) < 4.78 is 0. The fourth-order valence-corrected chi connectivity index (χ4v) is 1.32. The molecule has 1 aromatic carbocycles. The summed E-state index contributed by atoms with van der Waals surface area (Å²) in [6.45, 7) is 4.51. The van der Waals surface area contributed by atoms with Gasteiger partial charge in [-0.3, -0.25) is 0 Å². The van der Waals surface area contributed by atoms with Crippen molar-refractivity contribution in [2.75, 3.05) is 0 Å². The molecule has 90 valence electrons. The highest BCUT2D eigenvalue weighted by Gasteiger charge is 1.99. The van der Waals surface area contributed by atoms with Crippen molar-refractivity contribution in [3.8, 4) is 6.07 Å². The molecule has 4 nitrogen and oxygen atoms in total. The van der Waals surface area contributed by atoms with Crippen LogP contribution in [0.3, 0.4) is 0 Å². The lowest BCUT2D eigenvalue weighted by Crippen LogP contribution is -2.14. The Kier molecular flexibility index (Phi) is 5.02. The van der Waals surface area contributed by atoms with E-state index in [0.29, 0.717) is 23.9 Å². The van der Waals surface area contributed by atoms with Crippen molar-refractivity contribution < 1.29 is 4.84 Å². The molecular formula is C13H17N3O. The van der Waals surface area contributed by atoms with Crippen molar-refractivity contribution in [2.45, 2.75) is 26.9 Å². The number of hydrogen-bond donors (Lipinski definition) is 1. The molecular weight excluding hydrogens is 214 g/mol. The Labute approximate surface area is 102 Å². The molecule has 0 saturated heterocycles. The maximum absolute atomic E-state index is 8.64. The van der Waals surface area contributed by atoms with E-state index in [2.05, 4.69) is 25.1 Å². The second-order valence-electron chi connectivity index (χ2n) is 4.26. The van der Waals surface area contributed by atoms with Crippen LogP contribution in [0.1, 0.15) is 31.4 Å². The van der Waals surface area contributed by atoms with Gasteiger partial charge in [0.2, 0.25) is 0 Å². The van der Waals surface area contributed by atoms with Crippen molar-refractivity contribution in [3.05, 3.63) is 35.4 Å². The molecule has 4 heteroatoms. The third-order valence-electron chi connectivity index (χ3n) is 2.11. The normalized spacial score (nSPS) is 11.3. The minimum atomic E-state index is 0.366. The average Bonchev–Trinajstić information content (AvgIpc) is 2.29. The number of rotatable bonds is 5. The van der Waals surface area contributed by atoms with E-state index in [-0.39, 0.29) is 0 Å². The molecule has 0 aliphatic rings. The van der Waals surface area contributed by atoms with Crippen LogP contribution in [0.15, 0.2) is 29.4 Å². The molecule has 17 heavy (non-hydrogen) atoms. The lowest BCUT2D eigenvalue weighted by molar-refractivity contribution is 0.129. The minimum Gasteiger partial charge on any atom is -0.390 e. The first-order chi connectivity index (χ1) is 8.11. The lowest BCUT2D eigenvalue weighted by atomic mass is 10.1. The zero-order chi connectivity index (χ0) is 12.7. The van der Waals surface area contributed by atoms with E-state index in [1.807, 2.05) is 12.1 Å². The van der Waals surface area contributed by atoms with Crippen LogP contribution in [-0.4, -0.2) is 5.84 Å². The number of hydrogen-bond acceptors (Lipinski definition) is 3. The van der Waals surface area contributed by atoms with Gasteiger partial charge in [-0.05, 0) is 23.6 Å². The highest BCUT2D eigenvalue weighted by Crippen LogP contribution is 2.05. The quantitative estimate of drug-likeness (QED) is 0.480. The van der Waals surface area contributed by atoms with Crippen LogP contribution in [0.2, 0.25) is 0 Å². The van der Waals surface area contributed by atoms with Crippen LogP contribution in [0.5, 0.6) is 0 Å². The van der Waals surface area contributed by atoms with Gasteiger partial charge in [0.05, 0.1) is 11.6 Å². The van der Waals surface area contributed by atoms with Gasteiger partial charge < -0.3 is 10.6 Å². The van der Waals surface area contributed by atoms with Gasteiger partial charge in [0, 0.05) is 6.42 Å². The van der Waals surface area contributed by atoms with Gasteiger partial charge in [-0.2, -0.15) is 5.26 Å². The van der Waals surface area contributed by atoms with Crippen LogP contribution in [0.4, 0.5) is 0 Å². The average molecular weight is 231 g/mol. The predicted octanol–water partition coefficient (Wildman–Crippen LogP) is 2.39. The second kappa shape index (κ2) is 6.54. The molecule has 0 spiro atoms. The number of nitriles is 1. The Bertz CT molecular complexity index is 415. The maximum Gasteiger partial charge on any atom is 0.142 e. The van der Waals surface area contributed by atoms with Crippen LogP contribution in [0, 0.1) is 17.2 Å². The van der Waals surface area contributed by atoms with Crippen LogP contribution >= 0.6 is 0 Å². The number of nitrogens with zero attached hydrogens (tertiary/aromatic N) is 2. The van der Waals surface area contributed by atoms with Gasteiger partial charge in [-0.1, -0.05) is 31.1 Å². The molecule has 0 aliphatic heterocycles. The minimum absolute atomic E-state index is 0.366. The molecule has 0 fully saturated rings. The molecule has 0 bridgehead atoms. The van der Waals surface area contributed by atoms with E-state index in [4.69, 9.17) is 15.8 Å². The Morgan fingerprint density at radius 1 is 1.41 bits per heavy atom. The molecule has 0 radical (unpaired) electrons. The Hall–Kier alpha value is -2.02. The molecule has 1 aromatic rings. The van der Waals surface area contributed by atoms with Crippen molar-refractivity contribution in [1.29, 1.82) is 5.26 Å². The van der Waals surface area contributed by atoms with Crippen molar-refractivity contribution in [1.82, 2.24) is 0 Å². The fraction of sp³-hybridized carbons (Fsp3) is 0.385. The highest BCUT2D eigenvalue weighted by molar-refractivity contribution is 5.79. The first kappa shape index (κ1) is 13.0. The summed E-state index contributed by atoms with van der Waals surface area (Å²) >= 11 is 0. The van der Waals surface area contributed by atoms with Crippen LogP contribution < -0.4 is 5.73 Å². The molecule has 0 heterocycles. The van der Waals surface area contributed by atoms with Crippen LogP contribution in [0.25, 0.3) is 0 Å². The third-order valence-corrected chi connectivity index (χ3v) is 2.11. The van der Waals surface area contributed by atoms with E-state index in [9.17, 15) is 0 Å². The summed E-state index contributed by atoms with van der Waals surface area (Å²) in [5, 5.41) is 12.5. The van der Waals surface area contributed by atoms with E-state index in [1.54, 1.807) is 12.1 Å². The molecule has 0 aromatic heterocycles. The Morgan fingerprint density at radius 3 is 2.59 bits per heavy atom. The van der Waals surface area contributed by atoms with Gasteiger partial charge in [-0.25, -0.2) is 0 Å². The predicted molar refractivity (Wildman–Crippen MR) is 67.0 cm³/mol. The molecule has 2 N–H and O–H groups in total. The monoisotopic (exact) mass is 231 g/mol. The molecule has 0 saturated carbocycles. The highest BCUT2D eigenvalue weighted by atomic mass is 16.6. The van der Waals surface area contributed by atoms with E-state index >= 15 is 0 Å². The number of nitrogens with two attached hydrogens (primary N) is 1. The van der Waals surface area contributed by atoms with Gasteiger partial charge in [0.1, 0.15) is 12.4 Å². The Balaban J connectivity index is 2.43. The molecule has 1 rings (SSSR count). The van der Waals surface area contributed by atoms with Crippen molar-refractivity contribution >= 4 is 5.84 Å². The number of amidine groups is 1. The molecule has 0 aliphatic carbocycles. The summed E-state index contributed by atoms with van der Waals surface area (Å²) in [7, 11) is 0. The van der Waals surface area contributed by atoms with E-state index in [0.717, 1.165) is 12.0 Å². The third kappa shape index (κ3) is 5.03. The van der Waals surface area contributed by atoms with Crippen molar-refractivity contribution in [3.63, 3.8) is 0 Å². The van der Waals surface area contributed by atoms with Crippen LogP contribution in [-0.2, 0) is 11.4 Å². The van der Waals surface area contributed by atoms with Gasteiger partial charge in [-0.15, -0.1) is 0 Å². The first-order valence-corrected chi connectivity index (χ1v) is 5.55. The summed E-state index contributed by atoms with van der Waals surface area (Å²) in [6.07, 6.45) is 0.730. The topological polar surface area (TPSA) is 71.4 Å². The van der Waals surface area contributed by atoms with Gasteiger partial charge in [0.15, 0.2) is 0 Å². The Morgan fingerprint density at radius 2 is 2.06 bits per heavy atom. The standard InChI is InChI=1S/C13H17N3O/c1-10(2)7-13(15)16-17-9-12-5-3-11(8-14)4-6-12/h3-6,10H,7,9H2,1-2H3,(H2,15,16). The summed E-state index contributed by atoms with van der Waals surface area (Å²) in [6, 6.07) is 9.24.